The van der Waals surface area contributed by atoms with Crippen molar-refractivity contribution in [2.45, 2.75) is 19.4 Å². The maximum atomic E-state index is 13.0. The van der Waals surface area contributed by atoms with Gasteiger partial charge in [0.15, 0.2) is 5.13 Å². The second-order valence-corrected chi connectivity index (χ2v) is 6.71. The van der Waals surface area contributed by atoms with Crippen molar-refractivity contribution >= 4 is 16.5 Å². The van der Waals surface area contributed by atoms with E-state index in [1.165, 1.54) is 12.1 Å². The van der Waals surface area contributed by atoms with E-state index in [0.717, 1.165) is 55.5 Å². The van der Waals surface area contributed by atoms with Gasteiger partial charge in [0.2, 0.25) is 0 Å². The Labute approximate surface area is 140 Å². The fourth-order valence-corrected chi connectivity index (χ4v) is 3.60. The van der Waals surface area contributed by atoms with Crippen LogP contribution >= 0.6 is 11.3 Å². The number of halogens is 1. The minimum Gasteiger partial charge on any atom is -0.392 e. The Morgan fingerprint density at radius 1 is 1.22 bits per heavy atom. The van der Waals surface area contributed by atoms with Crippen LogP contribution in [-0.4, -0.2) is 53.8 Å². The van der Waals surface area contributed by atoms with Crippen molar-refractivity contribution in [3.8, 4) is 11.3 Å². The van der Waals surface area contributed by atoms with Gasteiger partial charge in [0.25, 0.3) is 0 Å². The number of aliphatic hydroxyl groups excluding tert-OH is 1. The van der Waals surface area contributed by atoms with Crippen LogP contribution in [0.15, 0.2) is 29.6 Å². The second kappa shape index (κ2) is 7.38. The third-order valence-electron chi connectivity index (χ3n) is 4.22. The molecule has 1 aliphatic rings. The largest absolute Gasteiger partial charge is 0.392 e. The first kappa shape index (κ1) is 16.4. The van der Waals surface area contributed by atoms with Crippen LogP contribution in [0.25, 0.3) is 11.3 Å². The van der Waals surface area contributed by atoms with E-state index in [0.29, 0.717) is 0 Å². The van der Waals surface area contributed by atoms with Gasteiger partial charge in [-0.3, -0.25) is 4.90 Å². The molecule has 1 saturated heterocycles. The van der Waals surface area contributed by atoms with Crippen molar-refractivity contribution in [1.82, 2.24) is 9.88 Å². The monoisotopic (exact) mass is 335 g/mol. The summed E-state index contributed by atoms with van der Waals surface area (Å²) < 4.78 is 13.0. The van der Waals surface area contributed by atoms with E-state index in [-0.39, 0.29) is 11.9 Å². The van der Waals surface area contributed by atoms with Gasteiger partial charge in [-0.25, -0.2) is 9.37 Å². The number of hydrogen-bond donors (Lipinski definition) is 1. The fourth-order valence-electron chi connectivity index (χ4n) is 2.71. The minimum absolute atomic E-state index is 0.227. The Kier molecular flexibility index (Phi) is 5.25. The minimum atomic E-state index is -0.230. The zero-order chi connectivity index (χ0) is 16.2. The van der Waals surface area contributed by atoms with Crippen molar-refractivity contribution in [3.05, 3.63) is 35.5 Å². The number of nitrogens with zero attached hydrogens (tertiary/aromatic N) is 3. The standard InChI is InChI=1S/C17H22FN3OS/c1-2-15(22)11-20-7-9-21(10-8-20)17-19-16(12-23-17)13-3-5-14(18)6-4-13/h3-6,12,15,22H,2,7-11H2,1H3. The van der Waals surface area contributed by atoms with E-state index in [9.17, 15) is 9.50 Å². The Bertz CT molecular complexity index is 623. The summed E-state index contributed by atoms with van der Waals surface area (Å²) in [6, 6.07) is 6.45. The quantitative estimate of drug-likeness (QED) is 0.912. The number of rotatable bonds is 5. The Balaban J connectivity index is 1.60. The van der Waals surface area contributed by atoms with Gasteiger partial charge in [0.05, 0.1) is 11.8 Å². The third kappa shape index (κ3) is 4.07. The summed E-state index contributed by atoms with van der Waals surface area (Å²) in [5, 5.41) is 12.8. The van der Waals surface area contributed by atoms with Gasteiger partial charge in [0.1, 0.15) is 5.82 Å². The smallest absolute Gasteiger partial charge is 0.185 e. The normalized spacial score (nSPS) is 17.4. The van der Waals surface area contributed by atoms with Gasteiger partial charge in [-0.05, 0) is 30.7 Å². The molecule has 124 valence electrons. The molecule has 0 saturated carbocycles. The van der Waals surface area contributed by atoms with E-state index in [4.69, 9.17) is 4.98 Å². The highest BCUT2D eigenvalue weighted by atomic mass is 32.1. The zero-order valence-corrected chi connectivity index (χ0v) is 14.1. The lowest BCUT2D eigenvalue weighted by Gasteiger charge is -2.35. The maximum Gasteiger partial charge on any atom is 0.185 e. The lowest BCUT2D eigenvalue weighted by Crippen LogP contribution is -2.48. The van der Waals surface area contributed by atoms with Crippen LogP contribution in [0.5, 0.6) is 0 Å². The number of piperazine rings is 1. The summed E-state index contributed by atoms with van der Waals surface area (Å²) in [5.41, 5.74) is 1.84. The van der Waals surface area contributed by atoms with E-state index in [1.54, 1.807) is 23.5 Å². The number of anilines is 1. The Morgan fingerprint density at radius 3 is 2.57 bits per heavy atom. The summed E-state index contributed by atoms with van der Waals surface area (Å²) in [6.07, 6.45) is 0.569. The summed E-state index contributed by atoms with van der Waals surface area (Å²) in [5.74, 6) is -0.227. The third-order valence-corrected chi connectivity index (χ3v) is 5.12. The average Bonchev–Trinajstić information content (AvgIpc) is 3.06. The van der Waals surface area contributed by atoms with E-state index in [2.05, 4.69) is 9.80 Å². The van der Waals surface area contributed by atoms with Crippen molar-refractivity contribution < 1.29 is 9.50 Å². The molecular weight excluding hydrogens is 313 g/mol. The van der Waals surface area contributed by atoms with Crippen molar-refractivity contribution in [1.29, 1.82) is 0 Å². The highest BCUT2D eigenvalue weighted by Crippen LogP contribution is 2.28. The highest BCUT2D eigenvalue weighted by Gasteiger charge is 2.20. The predicted molar refractivity (Wildman–Crippen MR) is 92.5 cm³/mol. The molecule has 0 amide bonds. The molecular formula is C17H22FN3OS. The highest BCUT2D eigenvalue weighted by molar-refractivity contribution is 7.14. The molecule has 1 aromatic carbocycles. The summed E-state index contributed by atoms with van der Waals surface area (Å²) in [6.45, 7) is 6.50. The van der Waals surface area contributed by atoms with Gasteiger partial charge >= 0.3 is 0 Å². The summed E-state index contributed by atoms with van der Waals surface area (Å²) in [7, 11) is 0. The Morgan fingerprint density at radius 2 is 1.91 bits per heavy atom. The molecule has 0 spiro atoms. The first-order valence-corrected chi connectivity index (χ1v) is 8.90. The zero-order valence-electron chi connectivity index (χ0n) is 13.3. The molecule has 4 nitrogen and oxygen atoms in total. The first-order valence-electron chi connectivity index (χ1n) is 8.02. The van der Waals surface area contributed by atoms with E-state index in [1.807, 2.05) is 12.3 Å². The molecule has 0 aliphatic carbocycles. The topological polar surface area (TPSA) is 39.6 Å². The molecule has 2 aromatic rings. The molecule has 3 rings (SSSR count). The summed E-state index contributed by atoms with van der Waals surface area (Å²) in [4.78, 5) is 9.28. The summed E-state index contributed by atoms with van der Waals surface area (Å²) >= 11 is 1.63. The lowest BCUT2D eigenvalue weighted by atomic mass is 10.2. The van der Waals surface area contributed by atoms with Gasteiger partial charge < -0.3 is 10.0 Å². The van der Waals surface area contributed by atoms with Gasteiger partial charge in [-0.2, -0.15) is 0 Å². The van der Waals surface area contributed by atoms with Crippen LogP contribution in [-0.2, 0) is 0 Å². The van der Waals surface area contributed by atoms with Crippen LogP contribution in [0, 0.1) is 5.82 Å². The van der Waals surface area contributed by atoms with Crippen molar-refractivity contribution in [2.24, 2.45) is 0 Å². The number of aromatic nitrogens is 1. The molecule has 1 aliphatic heterocycles. The van der Waals surface area contributed by atoms with Gasteiger partial charge in [-0.1, -0.05) is 6.92 Å². The molecule has 23 heavy (non-hydrogen) atoms. The molecule has 1 atom stereocenters. The average molecular weight is 335 g/mol. The van der Waals surface area contributed by atoms with Crippen LogP contribution in [0.4, 0.5) is 9.52 Å². The number of hydrogen-bond acceptors (Lipinski definition) is 5. The molecule has 0 radical (unpaired) electrons. The number of benzene rings is 1. The fraction of sp³-hybridized carbons (Fsp3) is 0.471. The van der Waals surface area contributed by atoms with Crippen LogP contribution in [0.2, 0.25) is 0 Å². The molecule has 1 N–H and O–H groups in total. The predicted octanol–water partition coefficient (Wildman–Crippen LogP) is 2.84. The van der Waals surface area contributed by atoms with E-state index >= 15 is 0 Å². The molecule has 2 heterocycles. The van der Waals surface area contributed by atoms with Crippen molar-refractivity contribution in [2.75, 3.05) is 37.6 Å². The first-order chi connectivity index (χ1) is 11.2. The number of thiazole rings is 1. The number of β-amino-alcohol motifs (C(OH)–C–C–N with tert-alkyl or cyclic N) is 1. The van der Waals surface area contributed by atoms with Gasteiger partial charge in [-0.15, -0.1) is 11.3 Å². The number of aliphatic hydroxyl groups is 1. The maximum absolute atomic E-state index is 13.0. The molecule has 6 heteroatoms. The van der Waals surface area contributed by atoms with Crippen LogP contribution < -0.4 is 4.90 Å². The van der Waals surface area contributed by atoms with Crippen LogP contribution in [0.1, 0.15) is 13.3 Å². The lowest BCUT2D eigenvalue weighted by molar-refractivity contribution is 0.106. The molecule has 1 fully saturated rings. The Hall–Kier alpha value is -1.50. The molecule has 1 aromatic heterocycles. The second-order valence-electron chi connectivity index (χ2n) is 5.87. The SMILES string of the molecule is CCC(O)CN1CCN(c2nc(-c3ccc(F)cc3)cs2)CC1. The molecule has 1 unspecified atom stereocenters. The molecule has 0 bridgehead atoms. The van der Waals surface area contributed by atoms with Crippen LogP contribution in [0.3, 0.4) is 0 Å². The van der Waals surface area contributed by atoms with Crippen molar-refractivity contribution in [3.63, 3.8) is 0 Å². The van der Waals surface area contributed by atoms with E-state index < -0.39 is 0 Å². The van der Waals surface area contributed by atoms with Gasteiger partial charge in [0, 0.05) is 43.7 Å².